The first-order chi connectivity index (χ1) is 11.7. The normalized spacial score (nSPS) is 17.5. The molecule has 0 saturated carbocycles. The molecule has 1 heterocycles. The molecule has 4 heteroatoms. The molecule has 0 aromatic heterocycles. The molecule has 1 unspecified atom stereocenters. The topological polar surface area (TPSA) is 45.5 Å². The van der Waals surface area contributed by atoms with Crippen LogP contribution in [0.2, 0.25) is 0 Å². The zero-order valence-electron chi connectivity index (χ0n) is 14.4. The van der Waals surface area contributed by atoms with Gasteiger partial charge in [0.1, 0.15) is 6.04 Å². The number of methoxy groups -OCH3 is 2. The van der Waals surface area contributed by atoms with Crippen LogP contribution in [0.15, 0.2) is 36.4 Å². The minimum atomic E-state index is -0.223. The Morgan fingerprint density at radius 2 is 1.71 bits per heavy atom. The molecule has 24 heavy (non-hydrogen) atoms. The summed E-state index contributed by atoms with van der Waals surface area (Å²) in [6.45, 7) is 0.815. The molecule has 1 atom stereocenters. The molecule has 0 amide bonds. The van der Waals surface area contributed by atoms with Crippen LogP contribution in [-0.2, 0) is 12.8 Å². The van der Waals surface area contributed by atoms with Crippen molar-refractivity contribution in [3.8, 4) is 17.6 Å². The maximum atomic E-state index is 9.67. The lowest BCUT2D eigenvalue weighted by molar-refractivity contribution is 0.295. The Bertz CT molecular complexity index is 780. The highest BCUT2D eigenvalue weighted by molar-refractivity contribution is 5.50. The van der Waals surface area contributed by atoms with Gasteiger partial charge in [0.25, 0.3) is 0 Å². The molecule has 4 nitrogen and oxygen atoms in total. The van der Waals surface area contributed by atoms with Crippen molar-refractivity contribution in [2.24, 2.45) is 0 Å². The Balaban J connectivity index is 2.14. The second-order valence-electron chi connectivity index (χ2n) is 6.11. The molecule has 0 spiro atoms. The highest BCUT2D eigenvalue weighted by Crippen LogP contribution is 2.34. The van der Waals surface area contributed by atoms with E-state index >= 15 is 0 Å². The van der Waals surface area contributed by atoms with Crippen LogP contribution in [0.4, 0.5) is 0 Å². The number of hydrogen-bond donors (Lipinski definition) is 0. The molecule has 0 radical (unpaired) electrons. The Morgan fingerprint density at radius 3 is 2.38 bits per heavy atom. The van der Waals surface area contributed by atoms with E-state index in [0.29, 0.717) is 0 Å². The smallest absolute Gasteiger partial charge is 0.161 e. The van der Waals surface area contributed by atoms with Crippen molar-refractivity contribution < 1.29 is 9.47 Å². The summed E-state index contributed by atoms with van der Waals surface area (Å²) >= 11 is 0. The van der Waals surface area contributed by atoms with E-state index in [9.17, 15) is 5.26 Å². The summed E-state index contributed by atoms with van der Waals surface area (Å²) in [6.07, 6.45) is 1.66. The molecule has 0 N–H and O–H groups in total. The van der Waals surface area contributed by atoms with Gasteiger partial charge in [0.15, 0.2) is 11.5 Å². The van der Waals surface area contributed by atoms with E-state index in [0.717, 1.165) is 36.4 Å². The maximum absolute atomic E-state index is 9.67. The van der Waals surface area contributed by atoms with Crippen LogP contribution in [0.25, 0.3) is 0 Å². The number of rotatable bonds is 2. The summed E-state index contributed by atoms with van der Waals surface area (Å²) in [5.41, 5.74) is 4.75. The van der Waals surface area contributed by atoms with Crippen LogP contribution in [0.1, 0.15) is 28.3 Å². The molecule has 3 rings (SSSR count). The molecular weight excluding hydrogens is 300 g/mol. The summed E-state index contributed by atoms with van der Waals surface area (Å²) in [7, 11) is 5.33. The standard InChI is InChI=1S/C20H22N2O2/c1-22-9-8-14-11-19(23-2)20(24-3)12-16(14)10-15-6-4-5-7-17(15)18(22)13-21/h4-7,11-12,18H,8-10H2,1-3H3. The van der Waals surface area contributed by atoms with Crippen molar-refractivity contribution in [2.45, 2.75) is 18.9 Å². The minimum absolute atomic E-state index is 0.223. The first kappa shape index (κ1) is 16.4. The van der Waals surface area contributed by atoms with Gasteiger partial charge in [-0.25, -0.2) is 0 Å². The van der Waals surface area contributed by atoms with Crippen LogP contribution >= 0.6 is 0 Å². The fraction of sp³-hybridized carbons (Fsp3) is 0.350. The molecule has 0 fully saturated rings. The highest BCUT2D eigenvalue weighted by Gasteiger charge is 2.23. The van der Waals surface area contributed by atoms with Crippen LogP contribution in [-0.4, -0.2) is 32.7 Å². The number of fused-ring (bicyclic) bond motifs is 2. The monoisotopic (exact) mass is 322 g/mol. The van der Waals surface area contributed by atoms with Gasteiger partial charge in [-0.05, 0) is 54.3 Å². The Labute approximate surface area is 143 Å². The first-order valence-corrected chi connectivity index (χ1v) is 8.09. The lowest BCUT2D eigenvalue weighted by Crippen LogP contribution is -2.26. The van der Waals surface area contributed by atoms with Gasteiger partial charge in [-0.2, -0.15) is 5.26 Å². The van der Waals surface area contributed by atoms with Gasteiger partial charge < -0.3 is 9.47 Å². The summed E-state index contributed by atoms with van der Waals surface area (Å²) in [5, 5.41) is 9.67. The van der Waals surface area contributed by atoms with Crippen molar-refractivity contribution in [2.75, 3.05) is 27.8 Å². The highest BCUT2D eigenvalue weighted by atomic mass is 16.5. The third kappa shape index (κ3) is 2.95. The van der Waals surface area contributed by atoms with Gasteiger partial charge in [0.2, 0.25) is 0 Å². The minimum Gasteiger partial charge on any atom is -0.493 e. The predicted molar refractivity (Wildman–Crippen MR) is 93.5 cm³/mol. The van der Waals surface area contributed by atoms with Crippen molar-refractivity contribution in [1.29, 1.82) is 5.26 Å². The summed E-state index contributed by atoms with van der Waals surface area (Å²) in [4.78, 5) is 2.12. The fourth-order valence-electron chi connectivity index (χ4n) is 3.36. The maximum Gasteiger partial charge on any atom is 0.161 e. The van der Waals surface area contributed by atoms with Crippen LogP contribution in [0, 0.1) is 11.3 Å². The van der Waals surface area contributed by atoms with Crippen molar-refractivity contribution in [3.63, 3.8) is 0 Å². The largest absolute Gasteiger partial charge is 0.493 e. The number of benzene rings is 2. The quantitative estimate of drug-likeness (QED) is 0.850. The second kappa shape index (κ2) is 6.94. The number of likely N-dealkylation sites (N-methyl/N-ethyl adjacent to an activating group) is 1. The van der Waals surface area contributed by atoms with Gasteiger partial charge in [0.05, 0.1) is 20.3 Å². The van der Waals surface area contributed by atoms with Gasteiger partial charge in [-0.1, -0.05) is 24.3 Å². The van der Waals surface area contributed by atoms with E-state index in [1.54, 1.807) is 14.2 Å². The number of nitriles is 1. The molecule has 0 aliphatic carbocycles. The summed E-state index contributed by atoms with van der Waals surface area (Å²) in [5.74, 6) is 1.50. The van der Waals surface area contributed by atoms with Crippen molar-refractivity contribution in [1.82, 2.24) is 4.90 Å². The number of nitrogens with zero attached hydrogens (tertiary/aromatic N) is 2. The average Bonchev–Trinajstić information content (AvgIpc) is 2.66. The van der Waals surface area contributed by atoms with Crippen molar-refractivity contribution >= 4 is 0 Å². The van der Waals surface area contributed by atoms with E-state index < -0.39 is 0 Å². The van der Waals surface area contributed by atoms with E-state index in [1.165, 1.54) is 16.7 Å². The molecule has 2 aromatic carbocycles. The van der Waals surface area contributed by atoms with Crippen LogP contribution < -0.4 is 9.47 Å². The average molecular weight is 322 g/mol. The molecule has 124 valence electrons. The third-order valence-electron chi connectivity index (χ3n) is 4.73. The summed E-state index contributed by atoms with van der Waals surface area (Å²) < 4.78 is 10.9. The van der Waals surface area contributed by atoms with E-state index in [-0.39, 0.29) is 6.04 Å². The van der Waals surface area contributed by atoms with Crippen LogP contribution in [0.5, 0.6) is 11.5 Å². The SMILES string of the molecule is COc1cc2c(cc1OC)Cc1ccccc1C(C#N)N(C)CC2. The van der Waals surface area contributed by atoms with E-state index in [2.05, 4.69) is 35.2 Å². The fourth-order valence-corrected chi connectivity index (χ4v) is 3.36. The van der Waals surface area contributed by atoms with Crippen molar-refractivity contribution in [3.05, 3.63) is 58.7 Å². The molecule has 0 bridgehead atoms. The first-order valence-electron chi connectivity index (χ1n) is 8.09. The van der Waals surface area contributed by atoms with Gasteiger partial charge in [-0.15, -0.1) is 0 Å². The predicted octanol–water partition coefficient (Wildman–Crippen LogP) is 3.35. The molecule has 1 aliphatic rings. The molecule has 0 saturated heterocycles. The molecule has 1 aliphatic heterocycles. The summed E-state index contributed by atoms with van der Waals surface area (Å²) in [6, 6.07) is 14.6. The zero-order valence-corrected chi connectivity index (χ0v) is 14.4. The van der Waals surface area contributed by atoms with Gasteiger partial charge in [-0.3, -0.25) is 4.90 Å². The van der Waals surface area contributed by atoms with Crippen LogP contribution in [0.3, 0.4) is 0 Å². The zero-order chi connectivity index (χ0) is 17.1. The van der Waals surface area contributed by atoms with E-state index in [4.69, 9.17) is 9.47 Å². The van der Waals surface area contributed by atoms with Gasteiger partial charge in [0, 0.05) is 6.54 Å². The second-order valence-corrected chi connectivity index (χ2v) is 6.11. The lowest BCUT2D eigenvalue weighted by atomic mass is 9.93. The van der Waals surface area contributed by atoms with Gasteiger partial charge >= 0.3 is 0 Å². The number of ether oxygens (including phenoxy) is 2. The van der Waals surface area contributed by atoms with E-state index in [1.807, 2.05) is 19.2 Å². The Morgan fingerprint density at radius 1 is 1.04 bits per heavy atom. The molecular formula is C20H22N2O2. The Kier molecular flexibility index (Phi) is 4.73. The Hall–Kier alpha value is -2.51. The third-order valence-corrected chi connectivity index (χ3v) is 4.73. The lowest BCUT2D eigenvalue weighted by Gasteiger charge is -2.23. The molecule has 2 aromatic rings. The number of hydrogen-bond acceptors (Lipinski definition) is 4.